The third kappa shape index (κ3) is 10.0. The molecule has 0 radical (unpaired) electrons. The minimum Gasteiger partial charge on any atom is -0.508 e. The fraction of sp³-hybridized carbons (Fsp3) is 0.405. The molecule has 0 bridgehead atoms. The number of nitrogens with one attached hydrogen (secondary N) is 2. The number of aromatic nitrogens is 3. The molecule has 1 atom stereocenters. The van der Waals surface area contributed by atoms with Crippen LogP contribution in [0.3, 0.4) is 0 Å². The maximum Gasteiger partial charge on any atom is 0.242 e. The SMILES string of the molecule is CCCCNC(=O)C(Cc1ccc(O)cc1)NC(=O)CCCCCc1cc(-c2ccccn2)nn1-c1ccc(C(C)(C)C)cc1. The van der Waals surface area contributed by atoms with Crippen LogP contribution in [0.15, 0.2) is 79.0 Å². The Labute approximate surface area is 267 Å². The quantitative estimate of drug-likeness (QED) is 0.130. The van der Waals surface area contributed by atoms with Gasteiger partial charge in [-0.05, 0) is 84.7 Å². The maximum absolute atomic E-state index is 12.9. The zero-order chi connectivity index (χ0) is 32.2. The number of phenols is 1. The predicted molar refractivity (Wildman–Crippen MR) is 179 cm³/mol. The van der Waals surface area contributed by atoms with Crippen LogP contribution in [0.2, 0.25) is 0 Å². The molecule has 3 N–H and O–H groups in total. The molecule has 238 valence electrons. The molecule has 4 rings (SSSR count). The number of aryl methyl sites for hydroxylation is 1. The van der Waals surface area contributed by atoms with Crippen LogP contribution in [0.1, 0.15) is 83.0 Å². The summed E-state index contributed by atoms with van der Waals surface area (Å²) in [7, 11) is 0. The Bertz CT molecular complexity index is 1510. The first kappa shape index (κ1) is 33.4. The van der Waals surface area contributed by atoms with Crippen LogP contribution in [0.5, 0.6) is 5.75 Å². The first-order valence-electron chi connectivity index (χ1n) is 16.1. The van der Waals surface area contributed by atoms with Crippen LogP contribution in [-0.4, -0.2) is 44.3 Å². The summed E-state index contributed by atoms with van der Waals surface area (Å²) in [6, 6.07) is 22.6. The normalized spacial score (nSPS) is 12.1. The number of hydrogen-bond acceptors (Lipinski definition) is 5. The maximum atomic E-state index is 12.9. The van der Waals surface area contributed by atoms with Gasteiger partial charge in [0.2, 0.25) is 11.8 Å². The number of amides is 2. The summed E-state index contributed by atoms with van der Waals surface area (Å²) >= 11 is 0. The van der Waals surface area contributed by atoms with Gasteiger partial charge < -0.3 is 15.7 Å². The number of aromatic hydroxyl groups is 1. The van der Waals surface area contributed by atoms with E-state index in [2.05, 4.69) is 73.6 Å². The van der Waals surface area contributed by atoms with Crippen molar-refractivity contribution in [3.05, 3.63) is 95.8 Å². The van der Waals surface area contributed by atoms with E-state index < -0.39 is 6.04 Å². The number of unbranched alkanes of at least 4 members (excludes halogenated alkanes) is 3. The van der Waals surface area contributed by atoms with E-state index in [-0.39, 0.29) is 23.0 Å². The molecule has 45 heavy (non-hydrogen) atoms. The average molecular weight is 610 g/mol. The Kier molecular flexibility index (Phi) is 11.9. The lowest BCUT2D eigenvalue weighted by atomic mass is 9.87. The van der Waals surface area contributed by atoms with Gasteiger partial charge in [0.1, 0.15) is 17.5 Å². The molecule has 4 aromatic rings. The molecular formula is C37H47N5O3. The third-order valence-corrected chi connectivity index (χ3v) is 7.88. The van der Waals surface area contributed by atoms with E-state index in [4.69, 9.17) is 5.10 Å². The Morgan fingerprint density at radius 3 is 2.33 bits per heavy atom. The van der Waals surface area contributed by atoms with Crippen molar-refractivity contribution in [3.63, 3.8) is 0 Å². The van der Waals surface area contributed by atoms with E-state index in [0.717, 1.165) is 66.9 Å². The number of rotatable bonds is 15. The fourth-order valence-electron chi connectivity index (χ4n) is 5.19. The van der Waals surface area contributed by atoms with Crippen molar-refractivity contribution in [2.45, 2.75) is 90.5 Å². The zero-order valence-electron chi connectivity index (χ0n) is 27.1. The molecule has 2 amide bonds. The van der Waals surface area contributed by atoms with Gasteiger partial charge in [0.25, 0.3) is 0 Å². The van der Waals surface area contributed by atoms with Gasteiger partial charge in [-0.2, -0.15) is 5.10 Å². The lowest BCUT2D eigenvalue weighted by Gasteiger charge is -2.19. The summed E-state index contributed by atoms with van der Waals surface area (Å²) in [5.74, 6) is -0.149. The number of nitrogens with zero attached hydrogens (tertiary/aromatic N) is 3. The fourth-order valence-corrected chi connectivity index (χ4v) is 5.19. The minimum absolute atomic E-state index is 0.0707. The standard InChI is InChI=1S/C37H47N5O3/c1-5-6-23-39-36(45)34(25-27-15-21-31(43)22-16-27)40-35(44)14-9-7-8-12-30-26-33(32-13-10-11-24-38-32)41-42(30)29-19-17-28(18-20-29)37(2,3)4/h10-11,13,15-22,24,26,34,43H,5-9,12,14,23,25H2,1-4H3,(H,39,45)(H,40,44). The van der Waals surface area contributed by atoms with Crippen LogP contribution in [0.25, 0.3) is 17.1 Å². The molecule has 2 heterocycles. The van der Waals surface area contributed by atoms with E-state index in [1.54, 1.807) is 30.5 Å². The van der Waals surface area contributed by atoms with Gasteiger partial charge in [-0.3, -0.25) is 14.6 Å². The highest BCUT2D eigenvalue weighted by Gasteiger charge is 2.21. The molecule has 0 saturated carbocycles. The molecule has 0 fully saturated rings. The number of carbonyl (C=O) groups is 2. The van der Waals surface area contributed by atoms with Gasteiger partial charge in [-0.15, -0.1) is 0 Å². The molecule has 0 spiro atoms. The molecule has 0 aliphatic rings. The van der Waals surface area contributed by atoms with Crippen molar-refractivity contribution in [2.75, 3.05) is 6.54 Å². The molecular weight excluding hydrogens is 562 g/mol. The summed E-state index contributed by atoms with van der Waals surface area (Å²) in [6.45, 7) is 9.27. The van der Waals surface area contributed by atoms with Crippen molar-refractivity contribution in [3.8, 4) is 22.8 Å². The topological polar surface area (TPSA) is 109 Å². The van der Waals surface area contributed by atoms with Gasteiger partial charge in [0, 0.05) is 31.3 Å². The molecule has 8 nitrogen and oxygen atoms in total. The summed E-state index contributed by atoms with van der Waals surface area (Å²) in [6.07, 6.45) is 7.65. The van der Waals surface area contributed by atoms with Crippen LogP contribution >= 0.6 is 0 Å². The van der Waals surface area contributed by atoms with Crippen LogP contribution < -0.4 is 10.6 Å². The number of carbonyl (C=O) groups excluding carboxylic acids is 2. The minimum atomic E-state index is -0.664. The van der Waals surface area contributed by atoms with Crippen LogP contribution in [0.4, 0.5) is 0 Å². The summed E-state index contributed by atoms with van der Waals surface area (Å²) in [5.41, 5.74) is 5.99. The van der Waals surface area contributed by atoms with Crippen molar-refractivity contribution >= 4 is 11.8 Å². The Morgan fingerprint density at radius 1 is 0.911 bits per heavy atom. The van der Waals surface area contributed by atoms with Gasteiger partial charge in [0.15, 0.2) is 0 Å². The van der Waals surface area contributed by atoms with Crippen molar-refractivity contribution in [1.82, 2.24) is 25.4 Å². The van der Waals surface area contributed by atoms with E-state index in [1.165, 1.54) is 5.56 Å². The van der Waals surface area contributed by atoms with Gasteiger partial charge >= 0.3 is 0 Å². The lowest BCUT2D eigenvalue weighted by Crippen LogP contribution is -2.48. The smallest absolute Gasteiger partial charge is 0.242 e. The molecule has 2 aromatic heterocycles. The summed E-state index contributed by atoms with van der Waals surface area (Å²) in [5, 5.41) is 20.4. The number of benzene rings is 2. The second-order valence-electron chi connectivity index (χ2n) is 12.6. The van der Waals surface area contributed by atoms with Gasteiger partial charge in [0.05, 0.1) is 11.4 Å². The van der Waals surface area contributed by atoms with Crippen molar-refractivity contribution in [1.29, 1.82) is 0 Å². The van der Waals surface area contributed by atoms with Crippen molar-refractivity contribution < 1.29 is 14.7 Å². The molecule has 0 aliphatic heterocycles. The van der Waals surface area contributed by atoms with Crippen LogP contribution in [0, 0.1) is 0 Å². The second-order valence-corrected chi connectivity index (χ2v) is 12.6. The van der Waals surface area contributed by atoms with Gasteiger partial charge in [-0.1, -0.05) is 70.9 Å². The molecule has 0 aliphatic carbocycles. The van der Waals surface area contributed by atoms with Crippen LogP contribution in [-0.2, 0) is 27.8 Å². The molecule has 2 aromatic carbocycles. The van der Waals surface area contributed by atoms with E-state index in [9.17, 15) is 14.7 Å². The Morgan fingerprint density at radius 2 is 1.67 bits per heavy atom. The molecule has 0 saturated heterocycles. The number of hydrogen-bond donors (Lipinski definition) is 3. The van der Waals surface area contributed by atoms with Gasteiger partial charge in [-0.25, -0.2) is 4.68 Å². The molecule has 8 heteroatoms. The number of pyridine rings is 1. The summed E-state index contributed by atoms with van der Waals surface area (Å²) in [4.78, 5) is 30.3. The largest absolute Gasteiger partial charge is 0.508 e. The first-order valence-corrected chi connectivity index (χ1v) is 16.1. The van der Waals surface area contributed by atoms with E-state index in [0.29, 0.717) is 19.4 Å². The highest BCUT2D eigenvalue weighted by Crippen LogP contribution is 2.26. The molecule has 1 unspecified atom stereocenters. The second kappa shape index (κ2) is 16.0. The van der Waals surface area contributed by atoms with E-state index >= 15 is 0 Å². The monoisotopic (exact) mass is 609 g/mol. The zero-order valence-corrected chi connectivity index (χ0v) is 27.1. The Balaban J connectivity index is 1.35. The average Bonchev–Trinajstić information content (AvgIpc) is 3.46. The lowest BCUT2D eigenvalue weighted by molar-refractivity contribution is -0.129. The third-order valence-electron chi connectivity index (χ3n) is 7.88. The van der Waals surface area contributed by atoms with E-state index in [1.807, 2.05) is 22.9 Å². The predicted octanol–water partition coefficient (Wildman–Crippen LogP) is 6.68. The Hall–Kier alpha value is -4.46. The summed E-state index contributed by atoms with van der Waals surface area (Å²) < 4.78 is 2.01. The number of phenolic OH excluding ortho intramolecular Hbond substituents is 1. The van der Waals surface area contributed by atoms with Crippen molar-refractivity contribution in [2.24, 2.45) is 0 Å². The highest BCUT2D eigenvalue weighted by molar-refractivity contribution is 5.87. The first-order chi connectivity index (χ1) is 21.6. The highest BCUT2D eigenvalue weighted by atomic mass is 16.3.